The Kier molecular flexibility index (Phi) is 5.68. The van der Waals surface area contributed by atoms with Crippen molar-refractivity contribution in [1.82, 2.24) is 14.9 Å². The molecule has 32 heavy (non-hydrogen) atoms. The van der Waals surface area contributed by atoms with Crippen LogP contribution in [0, 0.1) is 0 Å². The third-order valence-electron chi connectivity index (χ3n) is 5.37. The zero-order valence-electron chi connectivity index (χ0n) is 16.7. The first-order valence-electron chi connectivity index (χ1n) is 9.70. The van der Waals surface area contributed by atoms with Crippen LogP contribution in [0.3, 0.4) is 0 Å². The zero-order valence-corrected chi connectivity index (χ0v) is 17.5. The van der Waals surface area contributed by atoms with Crippen LogP contribution in [-0.2, 0) is 11.0 Å². The van der Waals surface area contributed by atoms with Crippen molar-refractivity contribution in [1.29, 1.82) is 0 Å². The van der Waals surface area contributed by atoms with Gasteiger partial charge in [-0.3, -0.25) is 4.79 Å². The lowest BCUT2D eigenvalue weighted by Gasteiger charge is -2.35. The van der Waals surface area contributed by atoms with Crippen molar-refractivity contribution in [2.45, 2.75) is 6.18 Å². The number of hydrogen-bond donors (Lipinski definition) is 1. The molecule has 2 aromatic carbocycles. The fraction of sp³-hybridized carbons (Fsp3) is 0.227. The van der Waals surface area contributed by atoms with Gasteiger partial charge < -0.3 is 14.9 Å². The fourth-order valence-corrected chi connectivity index (χ4v) is 4.06. The minimum Gasteiger partial charge on any atom is -0.508 e. The lowest BCUT2D eigenvalue weighted by molar-refractivity contribution is -0.137. The van der Waals surface area contributed by atoms with E-state index in [4.69, 9.17) is 11.6 Å². The molecule has 1 aromatic heterocycles. The van der Waals surface area contributed by atoms with Crippen molar-refractivity contribution >= 4 is 34.2 Å². The first kappa shape index (κ1) is 21.9. The summed E-state index contributed by atoms with van der Waals surface area (Å²) in [7, 11) is 0. The predicted octanol–water partition coefficient (Wildman–Crippen LogP) is 4.51. The molecule has 0 spiro atoms. The number of aromatic hydroxyl groups is 1. The Bertz CT molecular complexity index is 1210. The molecule has 0 bridgehead atoms. The molecule has 6 nitrogen and oxygen atoms in total. The molecule has 1 aliphatic heterocycles. The van der Waals surface area contributed by atoms with E-state index in [1.165, 1.54) is 30.6 Å². The van der Waals surface area contributed by atoms with Crippen LogP contribution in [0.25, 0.3) is 22.0 Å². The maximum atomic E-state index is 13.6. The van der Waals surface area contributed by atoms with Crippen LogP contribution in [0.15, 0.2) is 49.3 Å². The molecule has 3 aromatic rings. The number of piperazine rings is 1. The van der Waals surface area contributed by atoms with E-state index in [0.29, 0.717) is 49.0 Å². The smallest absolute Gasteiger partial charge is 0.417 e. The van der Waals surface area contributed by atoms with Gasteiger partial charge in [-0.25, -0.2) is 9.97 Å². The van der Waals surface area contributed by atoms with E-state index in [2.05, 4.69) is 16.5 Å². The average molecular weight is 463 g/mol. The molecule has 1 saturated heterocycles. The van der Waals surface area contributed by atoms with E-state index in [-0.39, 0.29) is 22.1 Å². The van der Waals surface area contributed by atoms with Gasteiger partial charge in [0.15, 0.2) is 0 Å². The number of fused-ring (bicyclic) bond motifs is 1. The minimum atomic E-state index is -4.67. The summed E-state index contributed by atoms with van der Waals surface area (Å²) < 4.78 is 40.7. The fourth-order valence-electron chi connectivity index (χ4n) is 3.79. The van der Waals surface area contributed by atoms with Crippen molar-refractivity contribution in [2.24, 2.45) is 0 Å². The molecular formula is C22H18ClF3N4O2. The number of carbonyl (C=O) groups is 1. The van der Waals surface area contributed by atoms with Gasteiger partial charge in [0.25, 0.3) is 0 Å². The monoisotopic (exact) mass is 462 g/mol. The molecule has 0 saturated carbocycles. The first-order chi connectivity index (χ1) is 15.2. The van der Waals surface area contributed by atoms with Gasteiger partial charge in [-0.1, -0.05) is 24.2 Å². The number of alkyl halides is 3. The number of phenols is 1. The van der Waals surface area contributed by atoms with Crippen molar-refractivity contribution < 1.29 is 23.1 Å². The van der Waals surface area contributed by atoms with Crippen LogP contribution < -0.4 is 4.90 Å². The van der Waals surface area contributed by atoms with E-state index < -0.39 is 17.5 Å². The summed E-state index contributed by atoms with van der Waals surface area (Å²) in [6, 6.07) is 6.08. The van der Waals surface area contributed by atoms with Crippen LogP contribution in [0.1, 0.15) is 5.56 Å². The van der Waals surface area contributed by atoms with Crippen LogP contribution in [0.5, 0.6) is 5.75 Å². The van der Waals surface area contributed by atoms with Crippen molar-refractivity contribution in [2.75, 3.05) is 31.1 Å². The maximum Gasteiger partial charge on any atom is 0.417 e. The van der Waals surface area contributed by atoms with Crippen molar-refractivity contribution in [3.63, 3.8) is 0 Å². The topological polar surface area (TPSA) is 69.6 Å². The van der Waals surface area contributed by atoms with Gasteiger partial charge >= 0.3 is 6.18 Å². The number of amides is 1. The van der Waals surface area contributed by atoms with Crippen molar-refractivity contribution in [3.8, 4) is 16.9 Å². The van der Waals surface area contributed by atoms with E-state index >= 15 is 0 Å². The number of halogens is 4. The lowest BCUT2D eigenvalue weighted by Crippen LogP contribution is -2.48. The highest BCUT2D eigenvalue weighted by Crippen LogP contribution is 2.42. The Labute approximate surface area is 186 Å². The predicted molar refractivity (Wildman–Crippen MR) is 116 cm³/mol. The van der Waals surface area contributed by atoms with E-state index in [0.717, 1.165) is 0 Å². The molecule has 1 amide bonds. The molecule has 0 aliphatic carbocycles. The molecule has 0 atom stereocenters. The second-order valence-electron chi connectivity index (χ2n) is 7.29. The van der Waals surface area contributed by atoms with Gasteiger partial charge in [0.1, 0.15) is 17.9 Å². The third-order valence-corrected chi connectivity index (χ3v) is 5.68. The number of hydrogen-bond acceptors (Lipinski definition) is 5. The SMILES string of the molecule is C=CC(=O)N1CCN(c2ncnc3cc(-c4ccc(O)cc4C(F)(F)F)c(Cl)cc23)CC1. The summed E-state index contributed by atoms with van der Waals surface area (Å²) in [6.45, 7) is 5.54. The number of carbonyl (C=O) groups excluding carboxylic acids is 1. The van der Waals surface area contributed by atoms with E-state index in [1.54, 1.807) is 11.0 Å². The van der Waals surface area contributed by atoms with Gasteiger partial charge in [0.2, 0.25) is 5.91 Å². The Hall–Kier alpha value is -3.33. The Morgan fingerprint density at radius 3 is 2.47 bits per heavy atom. The number of phenolic OH excluding ortho intramolecular Hbond substituents is 1. The molecule has 166 valence electrons. The first-order valence-corrected chi connectivity index (χ1v) is 10.1. The third kappa shape index (κ3) is 4.08. The summed E-state index contributed by atoms with van der Waals surface area (Å²) in [5.41, 5.74) is -0.562. The van der Waals surface area contributed by atoms with Crippen LogP contribution in [0.2, 0.25) is 5.02 Å². The summed E-state index contributed by atoms with van der Waals surface area (Å²) in [6.07, 6.45) is -2.06. The van der Waals surface area contributed by atoms with Gasteiger partial charge in [-0.05, 0) is 35.9 Å². The van der Waals surface area contributed by atoms with Crippen LogP contribution >= 0.6 is 11.6 Å². The zero-order chi connectivity index (χ0) is 23.0. The summed E-state index contributed by atoms with van der Waals surface area (Å²) in [5, 5.41) is 10.2. The number of anilines is 1. The summed E-state index contributed by atoms with van der Waals surface area (Å²) in [5.74, 6) is -0.0353. The Morgan fingerprint density at radius 1 is 1.09 bits per heavy atom. The number of benzene rings is 2. The Balaban J connectivity index is 1.75. The molecule has 2 heterocycles. The minimum absolute atomic E-state index is 0.102. The molecule has 1 aliphatic rings. The van der Waals surface area contributed by atoms with Gasteiger partial charge in [-0.2, -0.15) is 13.2 Å². The largest absolute Gasteiger partial charge is 0.508 e. The normalized spacial score (nSPS) is 14.6. The molecule has 1 N–H and O–H groups in total. The quantitative estimate of drug-likeness (QED) is 0.580. The summed E-state index contributed by atoms with van der Waals surface area (Å²) >= 11 is 6.43. The highest BCUT2D eigenvalue weighted by atomic mass is 35.5. The highest BCUT2D eigenvalue weighted by Gasteiger charge is 2.34. The average Bonchev–Trinajstić information content (AvgIpc) is 2.77. The highest BCUT2D eigenvalue weighted by molar-refractivity contribution is 6.34. The van der Waals surface area contributed by atoms with Gasteiger partial charge in [0, 0.05) is 42.2 Å². The maximum absolute atomic E-state index is 13.6. The van der Waals surface area contributed by atoms with Crippen LogP contribution in [-0.4, -0.2) is 52.1 Å². The number of aromatic nitrogens is 2. The molecule has 4 rings (SSSR count). The van der Waals surface area contributed by atoms with Gasteiger partial charge in [-0.15, -0.1) is 0 Å². The standard InChI is InChI=1S/C22H18ClF3N4O2/c1-2-20(32)29-5-7-30(8-6-29)21-16-10-18(23)15(11-19(16)27-12-28-21)14-4-3-13(31)9-17(14)22(24,25)26/h2-4,9-12,31H,1,5-8H2. The Morgan fingerprint density at radius 2 is 1.81 bits per heavy atom. The summed E-state index contributed by atoms with van der Waals surface area (Å²) in [4.78, 5) is 24.0. The lowest BCUT2D eigenvalue weighted by atomic mass is 9.97. The number of nitrogens with zero attached hydrogens (tertiary/aromatic N) is 4. The van der Waals surface area contributed by atoms with Crippen LogP contribution in [0.4, 0.5) is 19.0 Å². The second kappa shape index (κ2) is 8.31. The molecule has 0 unspecified atom stereocenters. The van der Waals surface area contributed by atoms with Gasteiger partial charge in [0.05, 0.1) is 11.1 Å². The molecular weight excluding hydrogens is 445 g/mol. The molecule has 10 heteroatoms. The van der Waals surface area contributed by atoms with E-state index in [9.17, 15) is 23.1 Å². The second-order valence-corrected chi connectivity index (χ2v) is 7.70. The molecule has 1 fully saturated rings. The van der Waals surface area contributed by atoms with E-state index in [1.807, 2.05) is 4.90 Å². The van der Waals surface area contributed by atoms with Crippen molar-refractivity contribution in [3.05, 3.63) is 59.9 Å². The number of rotatable bonds is 3. The molecule has 0 radical (unpaired) electrons.